The zero-order valence-electron chi connectivity index (χ0n) is 11.1. The van der Waals surface area contributed by atoms with Crippen LogP contribution in [0.2, 0.25) is 0 Å². The van der Waals surface area contributed by atoms with Crippen molar-refractivity contribution in [1.82, 2.24) is 10.3 Å². The molecule has 1 aliphatic rings. The Labute approximate surface area is 118 Å². The van der Waals surface area contributed by atoms with Crippen molar-refractivity contribution in [1.29, 1.82) is 0 Å². The molecule has 0 saturated carbocycles. The number of rotatable bonds is 3. The number of nitrogens with zero attached hydrogens (tertiary/aromatic N) is 1. The smallest absolute Gasteiger partial charge is 0.0570 e. The first-order valence-corrected chi connectivity index (χ1v) is 7.69. The minimum absolute atomic E-state index is 0.457. The topological polar surface area (TPSA) is 24.9 Å². The monoisotopic (exact) mass is 270 g/mol. The largest absolute Gasteiger partial charge is 0.304 e. The van der Waals surface area contributed by atoms with Crippen molar-refractivity contribution in [2.75, 3.05) is 5.75 Å². The lowest BCUT2D eigenvalue weighted by atomic mass is 10.0. The lowest BCUT2D eigenvalue weighted by Gasteiger charge is -2.26. The SMILES string of the molecule is Cc1cccnc1CNC1CCSc2ccccc21. The molecule has 0 fully saturated rings. The highest BCUT2D eigenvalue weighted by Gasteiger charge is 2.19. The van der Waals surface area contributed by atoms with Gasteiger partial charge in [-0.2, -0.15) is 0 Å². The molecule has 0 amide bonds. The number of benzene rings is 1. The van der Waals surface area contributed by atoms with Gasteiger partial charge in [0.1, 0.15) is 0 Å². The number of pyridine rings is 1. The summed E-state index contributed by atoms with van der Waals surface area (Å²) < 4.78 is 0. The van der Waals surface area contributed by atoms with Crippen LogP contribution in [0.15, 0.2) is 47.5 Å². The number of aryl methyl sites for hydroxylation is 1. The Morgan fingerprint density at radius 1 is 1.26 bits per heavy atom. The molecule has 2 aromatic rings. The molecule has 2 nitrogen and oxygen atoms in total. The maximum Gasteiger partial charge on any atom is 0.0570 e. The van der Waals surface area contributed by atoms with Crippen molar-refractivity contribution in [3.63, 3.8) is 0 Å². The molecule has 19 heavy (non-hydrogen) atoms. The Kier molecular flexibility index (Phi) is 3.85. The Morgan fingerprint density at radius 3 is 3.05 bits per heavy atom. The second-order valence-electron chi connectivity index (χ2n) is 4.88. The summed E-state index contributed by atoms with van der Waals surface area (Å²) in [7, 11) is 0. The Balaban J connectivity index is 1.73. The van der Waals surface area contributed by atoms with Crippen LogP contribution in [-0.4, -0.2) is 10.7 Å². The van der Waals surface area contributed by atoms with Gasteiger partial charge in [-0.3, -0.25) is 4.98 Å². The molecule has 0 radical (unpaired) electrons. The highest BCUT2D eigenvalue weighted by atomic mass is 32.2. The third-order valence-corrected chi connectivity index (χ3v) is 4.71. The number of nitrogens with one attached hydrogen (secondary N) is 1. The third kappa shape index (κ3) is 2.82. The number of aromatic nitrogens is 1. The van der Waals surface area contributed by atoms with Crippen molar-refractivity contribution in [2.24, 2.45) is 0 Å². The van der Waals surface area contributed by atoms with Crippen LogP contribution in [0.5, 0.6) is 0 Å². The van der Waals surface area contributed by atoms with Crippen molar-refractivity contribution in [3.8, 4) is 0 Å². The van der Waals surface area contributed by atoms with Gasteiger partial charge in [0.05, 0.1) is 5.69 Å². The average Bonchev–Trinajstić information content (AvgIpc) is 2.46. The summed E-state index contributed by atoms with van der Waals surface area (Å²) in [6, 6.07) is 13.3. The van der Waals surface area contributed by atoms with Crippen LogP contribution in [0.3, 0.4) is 0 Å². The fraction of sp³-hybridized carbons (Fsp3) is 0.312. The van der Waals surface area contributed by atoms with Crippen LogP contribution >= 0.6 is 11.8 Å². The second-order valence-corrected chi connectivity index (χ2v) is 6.01. The second kappa shape index (κ2) is 5.76. The third-order valence-electron chi connectivity index (χ3n) is 3.59. The van der Waals surface area contributed by atoms with E-state index in [9.17, 15) is 0 Å². The van der Waals surface area contributed by atoms with Crippen LogP contribution in [0, 0.1) is 6.92 Å². The molecule has 1 unspecified atom stereocenters. The van der Waals surface area contributed by atoms with E-state index in [4.69, 9.17) is 0 Å². The number of hydrogen-bond acceptors (Lipinski definition) is 3. The van der Waals surface area contributed by atoms with Crippen LogP contribution in [0.1, 0.15) is 29.3 Å². The van der Waals surface area contributed by atoms with Gasteiger partial charge in [-0.15, -0.1) is 11.8 Å². The quantitative estimate of drug-likeness (QED) is 0.920. The molecule has 3 rings (SSSR count). The molecule has 0 bridgehead atoms. The molecule has 1 atom stereocenters. The molecular weight excluding hydrogens is 252 g/mol. The Bertz CT molecular complexity index is 568. The number of hydrogen-bond donors (Lipinski definition) is 1. The van der Waals surface area contributed by atoms with E-state index in [-0.39, 0.29) is 0 Å². The van der Waals surface area contributed by atoms with Gasteiger partial charge in [-0.1, -0.05) is 24.3 Å². The van der Waals surface area contributed by atoms with Gasteiger partial charge in [-0.25, -0.2) is 0 Å². The van der Waals surface area contributed by atoms with Gasteiger partial charge in [0.15, 0.2) is 0 Å². The summed E-state index contributed by atoms with van der Waals surface area (Å²) in [6.07, 6.45) is 3.06. The van der Waals surface area contributed by atoms with Gasteiger partial charge in [-0.05, 0) is 42.4 Å². The van der Waals surface area contributed by atoms with E-state index in [1.54, 1.807) is 0 Å². The zero-order valence-corrected chi connectivity index (χ0v) is 11.9. The Morgan fingerprint density at radius 2 is 2.16 bits per heavy atom. The fourth-order valence-corrected chi connectivity index (χ4v) is 3.60. The van der Waals surface area contributed by atoms with E-state index < -0.39 is 0 Å². The molecule has 1 aromatic carbocycles. The summed E-state index contributed by atoms with van der Waals surface area (Å²) >= 11 is 1.96. The van der Waals surface area contributed by atoms with Crippen molar-refractivity contribution in [2.45, 2.75) is 30.8 Å². The van der Waals surface area contributed by atoms with Crippen molar-refractivity contribution in [3.05, 3.63) is 59.4 Å². The molecule has 0 saturated heterocycles. The molecule has 98 valence electrons. The molecule has 1 aromatic heterocycles. The van der Waals surface area contributed by atoms with E-state index in [2.05, 4.69) is 47.6 Å². The minimum atomic E-state index is 0.457. The van der Waals surface area contributed by atoms with E-state index in [0.29, 0.717) is 6.04 Å². The predicted molar refractivity (Wildman–Crippen MR) is 80.3 cm³/mol. The summed E-state index contributed by atoms with van der Waals surface area (Å²) in [5.41, 5.74) is 3.85. The molecule has 1 N–H and O–H groups in total. The van der Waals surface area contributed by atoms with Gasteiger partial charge < -0.3 is 5.32 Å². The summed E-state index contributed by atoms with van der Waals surface area (Å²) in [5, 5.41) is 3.66. The van der Waals surface area contributed by atoms with Crippen LogP contribution in [0.25, 0.3) is 0 Å². The van der Waals surface area contributed by atoms with E-state index in [1.165, 1.54) is 28.2 Å². The van der Waals surface area contributed by atoms with Gasteiger partial charge in [0.2, 0.25) is 0 Å². The lowest BCUT2D eigenvalue weighted by molar-refractivity contribution is 0.504. The molecule has 0 aliphatic carbocycles. The van der Waals surface area contributed by atoms with Crippen LogP contribution < -0.4 is 5.32 Å². The fourth-order valence-electron chi connectivity index (χ4n) is 2.48. The summed E-state index contributed by atoms with van der Waals surface area (Å²) in [5.74, 6) is 1.19. The normalized spacial score (nSPS) is 18.1. The van der Waals surface area contributed by atoms with Crippen molar-refractivity contribution < 1.29 is 0 Å². The summed E-state index contributed by atoms with van der Waals surface area (Å²) in [4.78, 5) is 5.87. The molecule has 1 aliphatic heterocycles. The first-order valence-electron chi connectivity index (χ1n) is 6.70. The number of fused-ring (bicyclic) bond motifs is 1. The maximum atomic E-state index is 4.45. The van der Waals surface area contributed by atoms with E-state index in [1.807, 2.05) is 24.0 Å². The van der Waals surface area contributed by atoms with Crippen molar-refractivity contribution >= 4 is 11.8 Å². The molecular formula is C16H18N2S. The average molecular weight is 270 g/mol. The van der Waals surface area contributed by atoms with Crippen LogP contribution in [0.4, 0.5) is 0 Å². The predicted octanol–water partition coefficient (Wildman–Crippen LogP) is 3.72. The highest BCUT2D eigenvalue weighted by molar-refractivity contribution is 7.99. The molecule has 2 heterocycles. The van der Waals surface area contributed by atoms with E-state index >= 15 is 0 Å². The van der Waals surface area contributed by atoms with Gasteiger partial charge in [0, 0.05) is 23.7 Å². The Hall–Kier alpha value is -1.32. The van der Waals surface area contributed by atoms with Crippen LogP contribution in [-0.2, 0) is 6.54 Å². The standard InChI is InChI=1S/C16H18N2S/c1-12-5-4-9-17-15(12)11-18-14-8-10-19-16-7-3-2-6-13(14)16/h2-7,9,14,18H,8,10-11H2,1H3. The van der Waals surface area contributed by atoms with Gasteiger partial charge in [0.25, 0.3) is 0 Å². The first kappa shape index (κ1) is 12.7. The summed E-state index contributed by atoms with van der Waals surface area (Å²) in [6.45, 7) is 2.96. The lowest BCUT2D eigenvalue weighted by Crippen LogP contribution is -2.24. The zero-order chi connectivity index (χ0) is 13.1. The van der Waals surface area contributed by atoms with E-state index in [0.717, 1.165) is 12.2 Å². The highest BCUT2D eigenvalue weighted by Crippen LogP contribution is 2.35. The minimum Gasteiger partial charge on any atom is -0.304 e. The molecule has 0 spiro atoms. The first-order chi connectivity index (χ1) is 9.34. The van der Waals surface area contributed by atoms with Gasteiger partial charge >= 0.3 is 0 Å². The molecule has 3 heteroatoms. The maximum absolute atomic E-state index is 4.45. The number of thioether (sulfide) groups is 1.